The van der Waals surface area contributed by atoms with E-state index in [2.05, 4.69) is 11.2 Å². The Morgan fingerprint density at radius 2 is 2.00 bits per heavy atom. The van der Waals surface area contributed by atoms with Crippen LogP contribution in [-0.2, 0) is 22.6 Å². The van der Waals surface area contributed by atoms with E-state index in [0.29, 0.717) is 29.1 Å². The van der Waals surface area contributed by atoms with Crippen molar-refractivity contribution in [2.45, 2.75) is 26.4 Å². The number of rotatable bonds is 7. The molecule has 1 N–H and O–H groups in total. The van der Waals surface area contributed by atoms with Gasteiger partial charge in [-0.3, -0.25) is 4.79 Å². The predicted octanol–water partition coefficient (Wildman–Crippen LogP) is 3.44. The molecule has 7 nitrogen and oxygen atoms in total. The number of carbonyl (C=O) groups is 1. The van der Waals surface area contributed by atoms with Crippen LogP contribution in [0, 0.1) is 18.3 Å². The standard InChI is InChI=1S/C22H21N3O4/c1-15-18(13-23)19(25(24-15)17-6-4-3-5-7-17)14-29-22(27)11-9-16-8-10-21(28-2)20(26)12-16/h3-8,10,12,26H,9,11,14H2,1-2H3. The Hall–Kier alpha value is -3.79. The van der Waals surface area contributed by atoms with Gasteiger partial charge in [0.2, 0.25) is 0 Å². The molecule has 0 amide bonds. The third-order valence-electron chi connectivity index (χ3n) is 4.50. The normalized spacial score (nSPS) is 10.4. The number of nitrogens with zero attached hydrogens (tertiary/aromatic N) is 3. The Morgan fingerprint density at radius 1 is 1.24 bits per heavy atom. The van der Waals surface area contributed by atoms with Gasteiger partial charge in [0.05, 0.1) is 24.2 Å². The zero-order valence-electron chi connectivity index (χ0n) is 16.3. The van der Waals surface area contributed by atoms with Crippen LogP contribution < -0.4 is 4.74 Å². The fourth-order valence-electron chi connectivity index (χ4n) is 3.00. The number of hydrogen-bond acceptors (Lipinski definition) is 6. The van der Waals surface area contributed by atoms with Gasteiger partial charge in [0.15, 0.2) is 11.5 Å². The van der Waals surface area contributed by atoms with E-state index in [1.54, 1.807) is 29.8 Å². The molecule has 0 spiro atoms. The monoisotopic (exact) mass is 391 g/mol. The van der Waals surface area contributed by atoms with E-state index in [1.807, 2.05) is 30.3 Å². The molecule has 1 aromatic heterocycles. The van der Waals surface area contributed by atoms with Crippen molar-refractivity contribution in [1.82, 2.24) is 9.78 Å². The first kappa shape index (κ1) is 20.0. The third-order valence-corrected chi connectivity index (χ3v) is 4.50. The number of aromatic hydroxyl groups is 1. The Bertz CT molecular complexity index is 1050. The fourth-order valence-corrected chi connectivity index (χ4v) is 3.00. The van der Waals surface area contributed by atoms with Crippen LogP contribution in [-0.4, -0.2) is 28.0 Å². The lowest BCUT2D eigenvalue weighted by atomic mass is 10.1. The van der Waals surface area contributed by atoms with Crippen LogP contribution in [0.15, 0.2) is 48.5 Å². The first-order chi connectivity index (χ1) is 14.0. The number of methoxy groups -OCH3 is 1. The first-order valence-corrected chi connectivity index (χ1v) is 9.09. The lowest BCUT2D eigenvalue weighted by Crippen LogP contribution is -2.10. The van der Waals surface area contributed by atoms with E-state index >= 15 is 0 Å². The van der Waals surface area contributed by atoms with Crippen LogP contribution in [0.25, 0.3) is 5.69 Å². The van der Waals surface area contributed by atoms with E-state index in [1.165, 1.54) is 7.11 Å². The molecule has 148 valence electrons. The highest BCUT2D eigenvalue weighted by Crippen LogP contribution is 2.26. The van der Waals surface area contributed by atoms with E-state index < -0.39 is 5.97 Å². The highest BCUT2D eigenvalue weighted by molar-refractivity contribution is 5.70. The molecule has 7 heteroatoms. The van der Waals surface area contributed by atoms with Crippen LogP contribution >= 0.6 is 0 Å². The van der Waals surface area contributed by atoms with E-state index in [-0.39, 0.29) is 18.8 Å². The number of esters is 1. The minimum Gasteiger partial charge on any atom is -0.504 e. The number of para-hydroxylation sites is 1. The molecule has 0 saturated carbocycles. The Labute approximate surface area is 168 Å². The van der Waals surface area contributed by atoms with Crippen molar-refractivity contribution in [3.05, 3.63) is 71.0 Å². The number of nitriles is 1. The maximum Gasteiger partial charge on any atom is 0.306 e. The number of phenolic OH excluding ortho intramolecular Hbond substituents is 1. The molecule has 2 aromatic carbocycles. The van der Waals surface area contributed by atoms with E-state index in [0.717, 1.165) is 11.3 Å². The summed E-state index contributed by atoms with van der Waals surface area (Å²) in [5, 5.41) is 23.7. The molecule has 0 bridgehead atoms. The molecule has 0 atom stereocenters. The van der Waals surface area contributed by atoms with Crippen molar-refractivity contribution >= 4 is 5.97 Å². The van der Waals surface area contributed by atoms with Crippen molar-refractivity contribution in [2.75, 3.05) is 7.11 Å². The maximum absolute atomic E-state index is 12.2. The summed E-state index contributed by atoms with van der Waals surface area (Å²) in [6.07, 6.45) is 0.560. The molecule has 0 radical (unpaired) electrons. The molecule has 3 aromatic rings. The molecule has 29 heavy (non-hydrogen) atoms. The number of phenols is 1. The summed E-state index contributed by atoms with van der Waals surface area (Å²) in [7, 11) is 1.48. The Kier molecular flexibility index (Phi) is 6.15. The van der Waals surface area contributed by atoms with Crippen LogP contribution in [0.2, 0.25) is 0 Å². The molecular weight excluding hydrogens is 370 g/mol. The lowest BCUT2D eigenvalue weighted by Gasteiger charge is -2.09. The summed E-state index contributed by atoms with van der Waals surface area (Å²) in [6.45, 7) is 1.70. The average Bonchev–Trinajstić information content (AvgIpc) is 3.06. The van der Waals surface area contributed by atoms with Crippen LogP contribution in [0.1, 0.15) is 28.9 Å². The fraction of sp³-hybridized carbons (Fsp3) is 0.227. The van der Waals surface area contributed by atoms with Crippen LogP contribution in [0.5, 0.6) is 11.5 Å². The maximum atomic E-state index is 12.2. The summed E-state index contributed by atoms with van der Waals surface area (Å²) < 4.78 is 12.0. The second-order valence-corrected chi connectivity index (χ2v) is 6.43. The number of aryl methyl sites for hydroxylation is 2. The summed E-state index contributed by atoms with van der Waals surface area (Å²) in [5.74, 6) is 0.00633. The van der Waals surface area contributed by atoms with E-state index in [9.17, 15) is 15.2 Å². The second kappa shape index (κ2) is 8.93. The molecule has 0 fully saturated rings. The van der Waals surface area contributed by atoms with Crippen molar-refractivity contribution < 1.29 is 19.4 Å². The van der Waals surface area contributed by atoms with Gasteiger partial charge in [-0.2, -0.15) is 10.4 Å². The summed E-state index contributed by atoms with van der Waals surface area (Å²) in [5.41, 5.74) is 3.10. The van der Waals surface area contributed by atoms with Crippen LogP contribution in [0.4, 0.5) is 0 Å². The predicted molar refractivity (Wildman–Crippen MR) is 106 cm³/mol. The van der Waals surface area contributed by atoms with Gasteiger partial charge in [-0.1, -0.05) is 24.3 Å². The first-order valence-electron chi connectivity index (χ1n) is 9.09. The van der Waals surface area contributed by atoms with Crippen LogP contribution in [0.3, 0.4) is 0 Å². The molecular formula is C22H21N3O4. The number of hydrogen-bond donors (Lipinski definition) is 1. The van der Waals surface area contributed by atoms with Gasteiger partial charge < -0.3 is 14.6 Å². The zero-order chi connectivity index (χ0) is 20.8. The molecule has 0 aliphatic carbocycles. The smallest absolute Gasteiger partial charge is 0.306 e. The largest absolute Gasteiger partial charge is 0.504 e. The Morgan fingerprint density at radius 3 is 2.66 bits per heavy atom. The highest BCUT2D eigenvalue weighted by atomic mass is 16.5. The number of benzene rings is 2. The molecule has 1 heterocycles. The summed E-state index contributed by atoms with van der Waals surface area (Å²) in [4.78, 5) is 12.2. The second-order valence-electron chi connectivity index (χ2n) is 6.43. The minimum absolute atomic E-state index is 0.0271. The molecule has 0 unspecified atom stereocenters. The summed E-state index contributed by atoms with van der Waals surface area (Å²) in [6, 6.07) is 16.5. The number of aromatic nitrogens is 2. The van der Waals surface area contributed by atoms with Crippen molar-refractivity contribution in [1.29, 1.82) is 5.26 Å². The van der Waals surface area contributed by atoms with Gasteiger partial charge in [0.1, 0.15) is 18.2 Å². The quantitative estimate of drug-likeness (QED) is 0.620. The minimum atomic E-state index is -0.400. The average molecular weight is 391 g/mol. The molecule has 3 rings (SSSR count). The molecule has 0 aliphatic rings. The Balaban J connectivity index is 1.67. The van der Waals surface area contributed by atoms with Crippen molar-refractivity contribution in [3.8, 4) is 23.3 Å². The lowest BCUT2D eigenvalue weighted by molar-refractivity contribution is -0.145. The van der Waals surface area contributed by atoms with Gasteiger partial charge in [0, 0.05) is 6.42 Å². The van der Waals surface area contributed by atoms with Gasteiger partial charge in [-0.15, -0.1) is 0 Å². The third kappa shape index (κ3) is 4.55. The van der Waals surface area contributed by atoms with Gasteiger partial charge in [-0.05, 0) is 43.2 Å². The highest BCUT2D eigenvalue weighted by Gasteiger charge is 2.18. The van der Waals surface area contributed by atoms with E-state index in [4.69, 9.17) is 9.47 Å². The summed E-state index contributed by atoms with van der Waals surface area (Å²) >= 11 is 0. The molecule has 0 saturated heterocycles. The topological polar surface area (TPSA) is 97.4 Å². The SMILES string of the molecule is COc1ccc(CCC(=O)OCc2c(C#N)c(C)nn2-c2ccccc2)cc1O. The zero-order valence-corrected chi connectivity index (χ0v) is 16.3. The number of carbonyl (C=O) groups excluding carboxylic acids is 1. The van der Waals surface area contributed by atoms with Crippen molar-refractivity contribution in [2.24, 2.45) is 0 Å². The molecule has 0 aliphatic heterocycles. The van der Waals surface area contributed by atoms with Crippen molar-refractivity contribution in [3.63, 3.8) is 0 Å². The van der Waals surface area contributed by atoms with Gasteiger partial charge in [0.25, 0.3) is 0 Å². The van der Waals surface area contributed by atoms with Gasteiger partial charge >= 0.3 is 5.97 Å². The van der Waals surface area contributed by atoms with Gasteiger partial charge in [-0.25, -0.2) is 4.68 Å². The number of ether oxygens (including phenoxy) is 2.